The monoisotopic (exact) mass is 182 g/mol. The number of amides is 1. The Morgan fingerprint density at radius 1 is 1.62 bits per heavy atom. The molecule has 0 aliphatic carbocycles. The van der Waals surface area contributed by atoms with Crippen LogP contribution < -0.4 is 10.6 Å². The van der Waals surface area contributed by atoms with Crippen molar-refractivity contribution in [2.75, 3.05) is 13.1 Å². The van der Waals surface area contributed by atoms with Crippen molar-refractivity contribution in [3.05, 3.63) is 18.2 Å². The summed E-state index contributed by atoms with van der Waals surface area (Å²) in [4.78, 5) is 17.5. The SMILES string of the molecule is CC(=O)NCCNCc1ncc[nH]1. The van der Waals surface area contributed by atoms with Crippen LogP contribution in [-0.2, 0) is 11.3 Å². The maximum absolute atomic E-state index is 10.5. The molecule has 1 rings (SSSR count). The average Bonchev–Trinajstić information content (AvgIpc) is 2.55. The highest BCUT2D eigenvalue weighted by Gasteiger charge is 1.93. The Balaban J connectivity index is 1.99. The molecule has 0 saturated carbocycles. The van der Waals surface area contributed by atoms with Crippen molar-refractivity contribution in [1.29, 1.82) is 0 Å². The van der Waals surface area contributed by atoms with Crippen molar-refractivity contribution in [2.24, 2.45) is 0 Å². The third-order valence-electron chi connectivity index (χ3n) is 1.52. The zero-order valence-electron chi connectivity index (χ0n) is 7.63. The minimum Gasteiger partial charge on any atom is -0.355 e. The third kappa shape index (κ3) is 4.27. The summed E-state index contributed by atoms with van der Waals surface area (Å²) in [5.41, 5.74) is 0. The Hall–Kier alpha value is -1.36. The molecule has 0 fully saturated rings. The van der Waals surface area contributed by atoms with Crippen molar-refractivity contribution >= 4 is 5.91 Å². The first-order valence-electron chi connectivity index (χ1n) is 4.22. The van der Waals surface area contributed by atoms with E-state index in [1.165, 1.54) is 6.92 Å². The zero-order valence-corrected chi connectivity index (χ0v) is 7.63. The molecule has 0 aromatic carbocycles. The molecule has 5 nitrogen and oxygen atoms in total. The first-order chi connectivity index (χ1) is 6.29. The van der Waals surface area contributed by atoms with Gasteiger partial charge in [-0.3, -0.25) is 4.79 Å². The molecule has 1 aromatic rings. The van der Waals surface area contributed by atoms with E-state index in [9.17, 15) is 4.79 Å². The number of carbonyl (C=O) groups excluding carboxylic acids is 1. The number of hydrogen-bond acceptors (Lipinski definition) is 3. The fourth-order valence-electron chi connectivity index (χ4n) is 0.928. The maximum Gasteiger partial charge on any atom is 0.216 e. The van der Waals surface area contributed by atoms with Crippen LogP contribution in [0.25, 0.3) is 0 Å². The topological polar surface area (TPSA) is 69.8 Å². The standard InChI is InChI=1S/C8H14N4O/c1-7(13)10-3-2-9-6-8-11-4-5-12-8/h4-5,9H,2-3,6H2,1H3,(H,10,13)(H,11,12). The van der Waals surface area contributed by atoms with E-state index in [-0.39, 0.29) is 5.91 Å². The van der Waals surface area contributed by atoms with Gasteiger partial charge in [-0.1, -0.05) is 0 Å². The highest BCUT2D eigenvalue weighted by atomic mass is 16.1. The Kier molecular flexibility index (Phi) is 3.98. The first-order valence-corrected chi connectivity index (χ1v) is 4.22. The highest BCUT2D eigenvalue weighted by Crippen LogP contribution is 1.85. The largest absolute Gasteiger partial charge is 0.355 e. The van der Waals surface area contributed by atoms with Gasteiger partial charge in [0.05, 0.1) is 6.54 Å². The first kappa shape index (κ1) is 9.73. The number of nitrogens with one attached hydrogen (secondary N) is 3. The van der Waals surface area contributed by atoms with Gasteiger partial charge in [0, 0.05) is 32.4 Å². The predicted molar refractivity (Wildman–Crippen MR) is 49.0 cm³/mol. The van der Waals surface area contributed by atoms with Gasteiger partial charge in [0.15, 0.2) is 0 Å². The molecule has 1 aromatic heterocycles. The molecule has 13 heavy (non-hydrogen) atoms. The number of nitrogens with zero attached hydrogens (tertiary/aromatic N) is 1. The lowest BCUT2D eigenvalue weighted by Crippen LogP contribution is -2.30. The lowest BCUT2D eigenvalue weighted by molar-refractivity contribution is -0.118. The summed E-state index contributed by atoms with van der Waals surface area (Å²) in [6.45, 7) is 3.61. The second kappa shape index (κ2) is 5.31. The molecule has 0 radical (unpaired) electrons. The molecule has 1 heterocycles. The Bertz CT molecular complexity index is 245. The molecule has 3 N–H and O–H groups in total. The summed E-state index contributed by atoms with van der Waals surface area (Å²) in [5.74, 6) is 0.905. The lowest BCUT2D eigenvalue weighted by Gasteiger charge is -2.02. The van der Waals surface area contributed by atoms with E-state index >= 15 is 0 Å². The fraction of sp³-hybridized carbons (Fsp3) is 0.500. The van der Waals surface area contributed by atoms with Crippen LogP contribution in [0.15, 0.2) is 12.4 Å². The van der Waals surface area contributed by atoms with Gasteiger partial charge in [-0.05, 0) is 0 Å². The summed E-state index contributed by atoms with van der Waals surface area (Å²) in [7, 11) is 0. The molecule has 0 unspecified atom stereocenters. The van der Waals surface area contributed by atoms with Gasteiger partial charge >= 0.3 is 0 Å². The zero-order chi connectivity index (χ0) is 9.52. The highest BCUT2D eigenvalue weighted by molar-refractivity contribution is 5.72. The summed E-state index contributed by atoms with van der Waals surface area (Å²) in [6, 6.07) is 0. The van der Waals surface area contributed by atoms with Crippen LogP contribution >= 0.6 is 0 Å². The van der Waals surface area contributed by atoms with E-state index in [2.05, 4.69) is 20.6 Å². The summed E-state index contributed by atoms with van der Waals surface area (Å²) < 4.78 is 0. The number of rotatable bonds is 5. The minimum atomic E-state index is -0.000186. The number of aromatic amines is 1. The van der Waals surface area contributed by atoms with Gasteiger partial charge in [0.25, 0.3) is 0 Å². The molecule has 72 valence electrons. The molecule has 0 spiro atoms. The van der Waals surface area contributed by atoms with Gasteiger partial charge in [-0.25, -0.2) is 4.98 Å². The van der Waals surface area contributed by atoms with Crippen molar-refractivity contribution < 1.29 is 4.79 Å². The normalized spacial score (nSPS) is 9.92. The third-order valence-corrected chi connectivity index (χ3v) is 1.52. The molecule has 5 heteroatoms. The molecule has 1 amide bonds. The summed E-state index contributed by atoms with van der Waals surface area (Å²) in [6.07, 6.45) is 3.50. The van der Waals surface area contributed by atoms with Gasteiger partial charge < -0.3 is 15.6 Å². The van der Waals surface area contributed by atoms with Gasteiger partial charge in [0.1, 0.15) is 5.82 Å². The van der Waals surface area contributed by atoms with Crippen LogP contribution in [0.2, 0.25) is 0 Å². The van der Waals surface area contributed by atoms with E-state index in [1.54, 1.807) is 12.4 Å². The van der Waals surface area contributed by atoms with E-state index in [0.29, 0.717) is 13.1 Å². The quantitative estimate of drug-likeness (QED) is 0.544. The number of H-pyrrole nitrogens is 1. The van der Waals surface area contributed by atoms with E-state index in [0.717, 1.165) is 12.4 Å². The Morgan fingerprint density at radius 2 is 2.46 bits per heavy atom. The minimum absolute atomic E-state index is 0.000186. The van der Waals surface area contributed by atoms with Crippen LogP contribution in [0.1, 0.15) is 12.7 Å². The second-order valence-electron chi connectivity index (χ2n) is 2.70. The number of hydrogen-bond donors (Lipinski definition) is 3. The molecule has 0 bridgehead atoms. The molecule has 0 saturated heterocycles. The van der Waals surface area contributed by atoms with Gasteiger partial charge in [0.2, 0.25) is 5.91 Å². The van der Waals surface area contributed by atoms with Crippen LogP contribution in [0.4, 0.5) is 0 Å². The Morgan fingerprint density at radius 3 is 3.08 bits per heavy atom. The summed E-state index contributed by atoms with van der Waals surface area (Å²) >= 11 is 0. The summed E-state index contributed by atoms with van der Waals surface area (Å²) in [5, 5.41) is 5.83. The number of imidazole rings is 1. The Labute approximate surface area is 76.9 Å². The van der Waals surface area contributed by atoms with E-state index < -0.39 is 0 Å². The van der Waals surface area contributed by atoms with Crippen molar-refractivity contribution in [2.45, 2.75) is 13.5 Å². The number of aromatic nitrogens is 2. The van der Waals surface area contributed by atoms with E-state index in [4.69, 9.17) is 0 Å². The molecule has 0 atom stereocenters. The lowest BCUT2D eigenvalue weighted by atomic mass is 10.5. The maximum atomic E-state index is 10.5. The van der Waals surface area contributed by atoms with Crippen molar-refractivity contribution in [1.82, 2.24) is 20.6 Å². The average molecular weight is 182 g/mol. The molecular weight excluding hydrogens is 168 g/mol. The van der Waals surface area contributed by atoms with Crippen molar-refractivity contribution in [3.8, 4) is 0 Å². The molecular formula is C8H14N4O. The fourth-order valence-corrected chi connectivity index (χ4v) is 0.928. The smallest absolute Gasteiger partial charge is 0.216 e. The van der Waals surface area contributed by atoms with Gasteiger partial charge in [-0.15, -0.1) is 0 Å². The molecule has 0 aliphatic rings. The van der Waals surface area contributed by atoms with Crippen molar-refractivity contribution in [3.63, 3.8) is 0 Å². The molecule has 0 aliphatic heterocycles. The van der Waals surface area contributed by atoms with Crippen LogP contribution in [0, 0.1) is 0 Å². The predicted octanol–water partition coefficient (Wildman–Crippen LogP) is -0.365. The van der Waals surface area contributed by atoms with Crippen LogP contribution in [0.5, 0.6) is 0 Å². The van der Waals surface area contributed by atoms with Gasteiger partial charge in [-0.2, -0.15) is 0 Å². The second-order valence-corrected chi connectivity index (χ2v) is 2.70. The van der Waals surface area contributed by atoms with Crippen LogP contribution in [-0.4, -0.2) is 29.0 Å². The van der Waals surface area contributed by atoms with Crippen LogP contribution in [0.3, 0.4) is 0 Å². The van der Waals surface area contributed by atoms with E-state index in [1.807, 2.05) is 0 Å². The number of carbonyl (C=O) groups is 1.